The molecule has 61 valence electrons. The Morgan fingerprint density at radius 1 is 1.50 bits per heavy atom. The van der Waals surface area contributed by atoms with Crippen molar-refractivity contribution in [3.05, 3.63) is 35.9 Å². The van der Waals surface area contributed by atoms with Gasteiger partial charge in [0.2, 0.25) is 0 Å². The van der Waals surface area contributed by atoms with Crippen LogP contribution in [0, 0.1) is 6.07 Å². The van der Waals surface area contributed by atoms with Gasteiger partial charge in [0, 0.05) is 6.42 Å². The summed E-state index contributed by atoms with van der Waals surface area (Å²) >= 11 is 0. The van der Waals surface area contributed by atoms with E-state index in [-0.39, 0.29) is 12.2 Å². The van der Waals surface area contributed by atoms with Crippen LogP contribution in [0.25, 0.3) is 0 Å². The fourth-order valence-corrected chi connectivity index (χ4v) is 0.903. The molecule has 0 saturated heterocycles. The van der Waals surface area contributed by atoms with Crippen LogP contribution in [0.4, 0.5) is 0 Å². The highest BCUT2D eigenvalue weighted by atomic mass is 16.2. The van der Waals surface area contributed by atoms with Crippen LogP contribution in [-0.4, -0.2) is 12.1 Å². The Morgan fingerprint density at radius 2 is 2.33 bits per heavy atom. The predicted molar refractivity (Wildman–Crippen MR) is 44.7 cm³/mol. The Morgan fingerprint density at radius 3 is 2.92 bits per heavy atom. The molecular weight excluding hydrogens is 152 g/mol. The molecule has 0 fully saturated rings. The first-order valence-electron chi connectivity index (χ1n) is 3.76. The van der Waals surface area contributed by atoms with Gasteiger partial charge in [-0.3, -0.25) is 9.59 Å². The summed E-state index contributed by atoms with van der Waals surface area (Å²) in [5.74, 6) is -0.354. The Labute approximate surface area is 71.2 Å². The normalized spacial score (nSPS) is 9.33. The Hall–Kier alpha value is -1.44. The molecule has 0 unspecified atom stereocenters. The van der Waals surface area contributed by atoms with E-state index in [1.165, 1.54) is 0 Å². The number of carbonyl (C=O) groups excluding carboxylic acids is 2. The molecule has 0 heterocycles. The molecule has 2 nitrogen and oxygen atoms in total. The third kappa shape index (κ3) is 2.66. The summed E-state index contributed by atoms with van der Waals surface area (Å²) in [6, 6.07) is 10.4. The maximum Gasteiger partial charge on any atom is 0.195 e. The maximum absolute atomic E-state index is 10.6. The number of Topliss-reactive ketones (excluding diaryl/α,β-unsaturated/α-hetero) is 1. The molecule has 1 radical (unpaired) electrons. The molecular formula is C10H9O2. The van der Waals surface area contributed by atoms with Gasteiger partial charge in [-0.25, -0.2) is 0 Å². The number of hydrogen-bond acceptors (Lipinski definition) is 2. The fourth-order valence-electron chi connectivity index (χ4n) is 0.903. The van der Waals surface area contributed by atoms with Crippen LogP contribution in [0.2, 0.25) is 0 Å². The van der Waals surface area contributed by atoms with E-state index >= 15 is 0 Å². The molecule has 2 heteroatoms. The van der Waals surface area contributed by atoms with Crippen molar-refractivity contribution in [3.63, 3.8) is 0 Å². The van der Waals surface area contributed by atoms with Crippen molar-refractivity contribution in [2.45, 2.75) is 12.8 Å². The topological polar surface area (TPSA) is 34.1 Å². The molecule has 0 amide bonds. The third-order valence-corrected chi connectivity index (χ3v) is 1.55. The second-order valence-electron chi connectivity index (χ2n) is 2.47. The first-order valence-corrected chi connectivity index (χ1v) is 3.76. The van der Waals surface area contributed by atoms with Crippen molar-refractivity contribution in [1.82, 2.24) is 0 Å². The summed E-state index contributed by atoms with van der Waals surface area (Å²) in [5, 5.41) is 0. The summed E-state index contributed by atoms with van der Waals surface area (Å²) in [7, 11) is 0. The van der Waals surface area contributed by atoms with Gasteiger partial charge in [-0.05, 0) is 18.1 Å². The summed E-state index contributed by atoms with van der Waals surface area (Å²) in [6.07, 6.45) is 1.24. The van der Waals surface area contributed by atoms with Crippen molar-refractivity contribution in [1.29, 1.82) is 0 Å². The Kier molecular flexibility index (Phi) is 3.20. The van der Waals surface area contributed by atoms with Crippen LogP contribution in [0.15, 0.2) is 24.3 Å². The lowest BCUT2D eigenvalue weighted by Gasteiger charge is -1.95. The Balaban J connectivity index is 2.43. The Bertz CT molecular complexity index is 264. The minimum atomic E-state index is -0.354. The lowest BCUT2D eigenvalue weighted by Crippen LogP contribution is -2.00. The van der Waals surface area contributed by atoms with E-state index in [0.717, 1.165) is 5.56 Å². The van der Waals surface area contributed by atoms with E-state index in [4.69, 9.17) is 0 Å². The molecule has 1 aromatic carbocycles. The number of ketones is 1. The average Bonchev–Trinajstić information content (AvgIpc) is 2.16. The number of benzene rings is 1. The highest BCUT2D eigenvalue weighted by Gasteiger charge is 1.99. The number of carbonyl (C=O) groups is 2. The SMILES string of the molecule is O=CC(=O)CCc1[c]cccc1. The highest BCUT2D eigenvalue weighted by molar-refractivity contribution is 6.24. The number of rotatable bonds is 4. The van der Waals surface area contributed by atoms with E-state index in [1.54, 1.807) is 6.07 Å². The molecule has 0 saturated carbocycles. The zero-order valence-corrected chi connectivity index (χ0v) is 6.62. The third-order valence-electron chi connectivity index (χ3n) is 1.55. The number of aldehydes is 1. The highest BCUT2D eigenvalue weighted by Crippen LogP contribution is 2.00. The lowest BCUT2D eigenvalue weighted by atomic mass is 10.1. The quantitative estimate of drug-likeness (QED) is 0.491. The van der Waals surface area contributed by atoms with Crippen molar-refractivity contribution >= 4 is 12.1 Å². The van der Waals surface area contributed by atoms with Crippen LogP contribution in [0.5, 0.6) is 0 Å². The van der Waals surface area contributed by atoms with Crippen LogP contribution < -0.4 is 0 Å². The molecule has 0 spiro atoms. The van der Waals surface area contributed by atoms with Gasteiger partial charge in [-0.2, -0.15) is 0 Å². The van der Waals surface area contributed by atoms with E-state index < -0.39 is 0 Å². The second kappa shape index (κ2) is 4.44. The second-order valence-corrected chi connectivity index (χ2v) is 2.47. The predicted octanol–water partition coefficient (Wildman–Crippen LogP) is 1.19. The monoisotopic (exact) mass is 161 g/mol. The molecule has 0 aromatic heterocycles. The van der Waals surface area contributed by atoms with Gasteiger partial charge in [0.15, 0.2) is 12.1 Å². The van der Waals surface area contributed by atoms with Crippen LogP contribution in [0.1, 0.15) is 12.0 Å². The fraction of sp³-hybridized carbons (Fsp3) is 0.200. The van der Waals surface area contributed by atoms with E-state index in [0.29, 0.717) is 12.7 Å². The number of hydrogen-bond donors (Lipinski definition) is 0. The van der Waals surface area contributed by atoms with Crippen molar-refractivity contribution in [3.8, 4) is 0 Å². The average molecular weight is 161 g/mol. The van der Waals surface area contributed by atoms with Gasteiger partial charge in [-0.1, -0.05) is 24.3 Å². The summed E-state index contributed by atoms with van der Waals surface area (Å²) in [6.45, 7) is 0. The minimum Gasteiger partial charge on any atom is -0.295 e. The van der Waals surface area contributed by atoms with E-state index in [2.05, 4.69) is 6.07 Å². The maximum atomic E-state index is 10.6. The smallest absolute Gasteiger partial charge is 0.195 e. The van der Waals surface area contributed by atoms with Crippen molar-refractivity contribution in [2.24, 2.45) is 0 Å². The molecule has 0 N–H and O–H groups in total. The van der Waals surface area contributed by atoms with Gasteiger partial charge in [0.1, 0.15) is 0 Å². The van der Waals surface area contributed by atoms with Gasteiger partial charge in [-0.15, -0.1) is 0 Å². The largest absolute Gasteiger partial charge is 0.295 e. The molecule has 0 atom stereocenters. The standard InChI is InChI=1S/C10H9O2/c11-8-10(12)7-6-9-4-2-1-3-5-9/h1-4,8H,6-7H2. The zero-order valence-electron chi connectivity index (χ0n) is 6.62. The van der Waals surface area contributed by atoms with Crippen LogP contribution >= 0.6 is 0 Å². The van der Waals surface area contributed by atoms with Gasteiger partial charge in [0.25, 0.3) is 0 Å². The van der Waals surface area contributed by atoms with Gasteiger partial charge in [0.05, 0.1) is 0 Å². The molecule has 12 heavy (non-hydrogen) atoms. The van der Waals surface area contributed by atoms with Crippen LogP contribution in [-0.2, 0) is 16.0 Å². The first-order chi connectivity index (χ1) is 5.83. The van der Waals surface area contributed by atoms with E-state index in [1.807, 2.05) is 18.2 Å². The van der Waals surface area contributed by atoms with Gasteiger partial charge >= 0.3 is 0 Å². The minimum absolute atomic E-state index is 0.282. The summed E-state index contributed by atoms with van der Waals surface area (Å²) < 4.78 is 0. The molecule has 0 aliphatic carbocycles. The van der Waals surface area contributed by atoms with E-state index in [9.17, 15) is 9.59 Å². The molecule has 1 aromatic rings. The zero-order chi connectivity index (χ0) is 8.81. The van der Waals surface area contributed by atoms with Crippen molar-refractivity contribution < 1.29 is 9.59 Å². The van der Waals surface area contributed by atoms with Gasteiger partial charge < -0.3 is 0 Å². The lowest BCUT2D eigenvalue weighted by molar-refractivity contribution is -0.129. The molecule has 1 rings (SSSR count). The van der Waals surface area contributed by atoms with Crippen molar-refractivity contribution in [2.75, 3.05) is 0 Å². The first kappa shape index (κ1) is 8.65. The molecule has 0 aliphatic heterocycles. The molecule has 0 bridgehead atoms. The molecule has 0 aliphatic rings. The number of aryl methyl sites for hydroxylation is 1. The summed E-state index contributed by atoms with van der Waals surface area (Å²) in [4.78, 5) is 20.6. The summed E-state index contributed by atoms with van der Waals surface area (Å²) in [5.41, 5.74) is 0.965. The van der Waals surface area contributed by atoms with Crippen LogP contribution in [0.3, 0.4) is 0 Å².